The lowest BCUT2D eigenvalue weighted by molar-refractivity contribution is -0.00549. The average molecular weight is 279 g/mol. The molecular formula is C16H25NO3. The number of hydrogen-bond donors (Lipinski definition) is 3. The van der Waals surface area contributed by atoms with Gasteiger partial charge in [0, 0.05) is 13.1 Å². The molecule has 0 saturated heterocycles. The third-order valence-electron chi connectivity index (χ3n) is 3.74. The summed E-state index contributed by atoms with van der Waals surface area (Å²) < 4.78 is 5.68. The van der Waals surface area contributed by atoms with Crippen molar-refractivity contribution in [3.63, 3.8) is 0 Å². The fourth-order valence-corrected chi connectivity index (χ4v) is 2.51. The maximum Gasteiger partial charge on any atom is 0.0897 e. The third kappa shape index (κ3) is 5.21. The van der Waals surface area contributed by atoms with Gasteiger partial charge in [-0.05, 0) is 24.0 Å². The summed E-state index contributed by atoms with van der Waals surface area (Å²) in [5.41, 5.74) is 2.06. The summed E-state index contributed by atoms with van der Waals surface area (Å²) in [6.07, 6.45) is 4.68. The molecule has 1 saturated carbocycles. The Balaban J connectivity index is 1.59. The third-order valence-corrected chi connectivity index (χ3v) is 3.74. The summed E-state index contributed by atoms with van der Waals surface area (Å²) in [6, 6.07) is 7.80. The topological polar surface area (TPSA) is 61.7 Å². The fourth-order valence-electron chi connectivity index (χ4n) is 2.51. The van der Waals surface area contributed by atoms with Gasteiger partial charge in [-0.15, -0.1) is 0 Å². The van der Waals surface area contributed by atoms with Crippen LogP contribution in [0.4, 0.5) is 0 Å². The first kappa shape index (κ1) is 15.4. The summed E-state index contributed by atoms with van der Waals surface area (Å²) in [4.78, 5) is 0. The van der Waals surface area contributed by atoms with Gasteiger partial charge in [0.2, 0.25) is 0 Å². The highest BCUT2D eigenvalue weighted by atomic mass is 16.5. The zero-order valence-electron chi connectivity index (χ0n) is 11.9. The first-order chi connectivity index (χ1) is 9.78. The Morgan fingerprint density at radius 3 is 2.45 bits per heavy atom. The van der Waals surface area contributed by atoms with Crippen LogP contribution in [0.3, 0.4) is 0 Å². The van der Waals surface area contributed by atoms with E-state index in [4.69, 9.17) is 9.84 Å². The van der Waals surface area contributed by atoms with Gasteiger partial charge < -0.3 is 20.3 Å². The minimum absolute atomic E-state index is 0.0743. The van der Waals surface area contributed by atoms with Crippen LogP contribution >= 0.6 is 0 Å². The molecule has 1 unspecified atom stereocenters. The Hall–Kier alpha value is -0.940. The van der Waals surface area contributed by atoms with Crippen molar-refractivity contribution in [3.05, 3.63) is 35.4 Å². The van der Waals surface area contributed by atoms with Crippen LogP contribution in [0.5, 0.6) is 0 Å². The van der Waals surface area contributed by atoms with E-state index in [-0.39, 0.29) is 6.61 Å². The van der Waals surface area contributed by atoms with E-state index in [1.165, 1.54) is 12.8 Å². The van der Waals surface area contributed by atoms with Gasteiger partial charge in [-0.3, -0.25) is 0 Å². The molecular weight excluding hydrogens is 254 g/mol. The number of aliphatic hydroxyl groups excluding tert-OH is 2. The van der Waals surface area contributed by atoms with E-state index in [1.54, 1.807) is 0 Å². The van der Waals surface area contributed by atoms with Crippen LogP contribution in [0.2, 0.25) is 0 Å². The average Bonchev–Trinajstić information content (AvgIpc) is 2.99. The second-order valence-corrected chi connectivity index (χ2v) is 5.50. The molecule has 4 nitrogen and oxygen atoms in total. The molecule has 0 radical (unpaired) electrons. The first-order valence-electron chi connectivity index (χ1n) is 7.47. The summed E-state index contributed by atoms with van der Waals surface area (Å²) in [5, 5.41) is 22.0. The molecule has 112 valence electrons. The maximum atomic E-state index is 9.85. The largest absolute Gasteiger partial charge is 0.392 e. The van der Waals surface area contributed by atoms with E-state index in [0.717, 1.165) is 24.0 Å². The molecule has 3 N–H and O–H groups in total. The first-order valence-corrected chi connectivity index (χ1v) is 7.47. The van der Waals surface area contributed by atoms with Gasteiger partial charge in [0.25, 0.3) is 0 Å². The molecule has 4 heteroatoms. The Labute approximate surface area is 120 Å². The van der Waals surface area contributed by atoms with Crippen molar-refractivity contribution in [3.8, 4) is 0 Å². The predicted octanol–water partition coefficient (Wildman–Crippen LogP) is 1.59. The molecule has 20 heavy (non-hydrogen) atoms. The zero-order chi connectivity index (χ0) is 14.2. The lowest BCUT2D eigenvalue weighted by Gasteiger charge is -2.16. The van der Waals surface area contributed by atoms with Crippen molar-refractivity contribution in [2.75, 3.05) is 13.2 Å². The molecule has 2 rings (SSSR count). The highest BCUT2D eigenvalue weighted by Crippen LogP contribution is 2.20. The van der Waals surface area contributed by atoms with Crippen molar-refractivity contribution in [1.29, 1.82) is 0 Å². The number of benzene rings is 1. The normalized spacial score (nSPS) is 17.5. The van der Waals surface area contributed by atoms with Gasteiger partial charge in [0.15, 0.2) is 0 Å². The van der Waals surface area contributed by atoms with Crippen LogP contribution in [0.25, 0.3) is 0 Å². The van der Waals surface area contributed by atoms with Gasteiger partial charge in [-0.2, -0.15) is 0 Å². The van der Waals surface area contributed by atoms with Crippen LogP contribution < -0.4 is 5.32 Å². The lowest BCUT2D eigenvalue weighted by Crippen LogP contribution is -2.31. The van der Waals surface area contributed by atoms with Gasteiger partial charge in [0.05, 0.1) is 25.4 Å². The van der Waals surface area contributed by atoms with Crippen molar-refractivity contribution in [1.82, 2.24) is 5.32 Å². The van der Waals surface area contributed by atoms with Gasteiger partial charge >= 0.3 is 0 Å². The fraction of sp³-hybridized carbons (Fsp3) is 0.625. The molecule has 0 heterocycles. The van der Waals surface area contributed by atoms with Crippen LogP contribution in [-0.4, -0.2) is 35.6 Å². The number of ether oxygens (including phenoxy) is 1. The smallest absolute Gasteiger partial charge is 0.0897 e. The highest BCUT2D eigenvalue weighted by molar-refractivity contribution is 5.21. The van der Waals surface area contributed by atoms with Gasteiger partial charge in [0.1, 0.15) is 0 Å². The number of hydrogen-bond acceptors (Lipinski definition) is 4. The van der Waals surface area contributed by atoms with E-state index >= 15 is 0 Å². The van der Waals surface area contributed by atoms with Gasteiger partial charge in [-0.25, -0.2) is 0 Å². The summed E-state index contributed by atoms with van der Waals surface area (Å²) in [5.74, 6) is 0. The number of aliphatic hydroxyl groups is 2. The number of nitrogens with one attached hydrogen (secondary N) is 1. The Bertz CT molecular complexity index is 374. The molecule has 0 spiro atoms. The minimum atomic E-state index is -0.452. The highest BCUT2D eigenvalue weighted by Gasteiger charge is 2.16. The molecule has 0 aromatic heterocycles. The molecule has 1 atom stereocenters. The second kappa shape index (κ2) is 8.37. The Morgan fingerprint density at radius 1 is 1.15 bits per heavy atom. The minimum Gasteiger partial charge on any atom is -0.392 e. The van der Waals surface area contributed by atoms with Crippen LogP contribution in [-0.2, 0) is 17.9 Å². The molecule has 0 bridgehead atoms. The van der Waals surface area contributed by atoms with Crippen molar-refractivity contribution < 1.29 is 14.9 Å². The number of rotatable bonds is 8. The van der Waals surface area contributed by atoms with Crippen molar-refractivity contribution >= 4 is 0 Å². The van der Waals surface area contributed by atoms with E-state index in [9.17, 15) is 5.11 Å². The van der Waals surface area contributed by atoms with E-state index < -0.39 is 6.10 Å². The zero-order valence-corrected chi connectivity index (χ0v) is 11.9. The summed E-state index contributed by atoms with van der Waals surface area (Å²) in [7, 11) is 0. The van der Waals surface area contributed by atoms with E-state index in [1.807, 2.05) is 24.3 Å². The molecule has 1 aliphatic rings. The Kier molecular flexibility index (Phi) is 6.47. The second-order valence-electron chi connectivity index (χ2n) is 5.50. The Morgan fingerprint density at radius 2 is 1.80 bits per heavy atom. The van der Waals surface area contributed by atoms with E-state index in [0.29, 0.717) is 25.8 Å². The molecule has 1 aromatic rings. The van der Waals surface area contributed by atoms with Crippen LogP contribution in [0, 0.1) is 0 Å². The standard InChI is InChI=1S/C16H25NO3/c18-11-14-7-5-13(6-8-14)9-17-10-15(19)12-20-16-3-1-2-4-16/h5-8,15-19H,1-4,9-12H2. The predicted molar refractivity (Wildman–Crippen MR) is 78.3 cm³/mol. The molecule has 0 aliphatic heterocycles. The molecule has 1 aliphatic carbocycles. The van der Waals surface area contributed by atoms with Crippen LogP contribution in [0.15, 0.2) is 24.3 Å². The quantitative estimate of drug-likeness (QED) is 0.676. The monoisotopic (exact) mass is 279 g/mol. The summed E-state index contributed by atoms with van der Waals surface area (Å²) in [6.45, 7) is 1.74. The van der Waals surface area contributed by atoms with Gasteiger partial charge in [-0.1, -0.05) is 37.1 Å². The van der Waals surface area contributed by atoms with Crippen LogP contribution in [0.1, 0.15) is 36.8 Å². The van der Waals surface area contributed by atoms with Crippen molar-refractivity contribution in [2.45, 2.75) is 51.0 Å². The molecule has 1 fully saturated rings. The van der Waals surface area contributed by atoms with Crippen molar-refractivity contribution in [2.24, 2.45) is 0 Å². The SMILES string of the molecule is OCc1ccc(CNCC(O)COC2CCCC2)cc1. The summed E-state index contributed by atoms with van der Waals surface area (Å²) >= 11 is 0. The lowest BCUT2D eigenvalue weighted by atomic mass is 10.1. The molecule has 1 aromatic carbocycles. The maximum absolute atomic E-state index is 9.85. The van der Waals surface area contributed by atoms with E-state index in [2.05, 4.69) is 5.32 Å². The molecule has 0 amide bonds.